The first-order valence-electron chi connectivity index (χ1n) is 17.1. The molecule has 7 nitrogen and oxygen atoms in total. The SMILES string of the molecule is CC=Cc1cccc[n+]1OCC.CC=Cc1cccc[n+]1OCC.[O-]B([O-])OCCCC(c1ccccc1)(c1ccccc1)c1ccccc1. The van der Waals surface area contributed by atoms with E-state index in [9.17, 15) is 10.0 Å². The van der Waals surface area contributed by atoms with Crippen LogP contribution in [0.2, 0.25) is 0 Å². The van der Waals surface area contributed by atoms with Crippen molar-refractivity contribution in [2.45, 2.75) is 46.0 Å². The molecule has 0 fully saturated rings. The number of nitrogens with zero attached hydrogens (tertiary/aromatic N) is 2. The number of allylic oxidation sites excluding steroid dienone is 2. The number of hydrogen-bond donors (Lipinski definition) is 0. The van der Waals surface area contributed by atoms with E-state index in [4.69, 9.17) is 14.3 Å². The van der Waals surface area contributed by atoms with Crippen LogP contribution in [-0.2, 0) is 10.1 Å². The largest absolute Gasteiger partial charge is 0.871 e. The maximum Gasteiger partial charge on any atom is 0.257 e. The van der Waals surface area contributed by atoms with Gasteiger partial charge in [-0.2, -0.15) is 0 Å². The van der Waals surface area contributed by atoms with Gasteiger partial charge >= 0.3 is 0 Å². The molecule has 0 spiro atoms. The Hall–Kier alpha value is -5.02. The van der Waals surface area contributed by atoms with E-state index >= 15 is 0 Å². The number of benzene rings is 3. The molecule has 0 aliphatic rings. The fraction of sp³-hybridized carbons (Fsp3) is 0.238. The van der Waals surface area contributed by atoms with Gasteiger partial charge in [-0.15, -0.1) is 0 Å². The van der Waals surface area contributed by atoms with Gasteiger partial charge in [-0.05, 0) is 69.4 Å². The lowest BCUT2D eigenvalue weighted by Gasteiger charge is -2.37. The molecular weight excluding hydrogens is 623 g/mol. The Labute approximate surface area is 298 Å². The van der Waals surface area contributed by atoms with Gasteiger partial charge in [0.2, 0.25) is 12.4 Å². The first-order valence-corrected chi connectivity index (χ1v) is 17.1. The average molecular weight is 673 g/mol. The highest BCUT2D eigenvalue weighted by atomic mass is 16.7. The highest BCUT2D eigenvalue weighted by Gasteiger charge is 2.35. The van der Waals surface area contributed by atoms with Crippen molar-refractivity contribution in [1.29, 1.82) is 0 Å². The first kappa shape index (κ1) is 39.4. The number of hydrogen-bond acceptors (Lipinski definition) is 5. The predicted molar refractivity (Wildman–Crippen MR) is 197 cm³/mol. The molecule has 0 aliphatic carbocycles. The molecule has 0 saturated carbocycles. The summed E-state index contributed by atoms with van der Waals surface area (Å²) in [5.74, 6) is 0. The summed E-state index contributed by atoms with van der Waals surface area (Å²) in [6.07, 6.45) is 13.1. The molecule has 0 saturated heterocycles. The van der Waals surface area contributed by atoms with Gasteiger partial charge in [0.05, 0.1) is 7.32 Å². The van der Waals surface area contributed by atoms with Crippen LogP contribution in [0.3, 0.4) is 0 Å². The van der Waals surface area contributed by atoms with E-state index in [-0.39, 0.29) is 12.0 Å². The third kappa shape index (κ3) is 12.1. The quantitative estimate of drug-likeness (QED) is 0.0680. The van der Waals surface area contributed by atoms with E-state index in [1.54, 1.807) is 9.46 Å². The molecule has 5 aromatic rings. The predicted octanol–water partition coefficient (Wildman–Crippen LogP) is 5.43. The number of pyridine rings is 2. The van der Waals surface area contributed by atoms with Crippen molar-refractivity contribution in [2.75, 3.05) is 19.8 Å². The third-order valence-corrected chi connectivity index (χ3v) is 7.67. The Bertz CT molecular complexity index is 1530. The summed E-state index contributed by atoms with van der Waals surface area (Å²) in [7, 11) is -2.23. The van der Waals surface area contributed by atoms with Gasteiger partial charge in [0.25, 0.3) is 11.4 Å². The Kier molecular flexibility index (Phi) is 17.8. The molecule has 2 heterocycles. The van der Waals surface area contributed by atoms with Crippen molar-refractivity contribution in [3.05, 3.63) is 180 Å². The molecular formula is C42H49BN2O5. The maximum absolute atomic E-state index is 10.7. The standard InChI is InChI=1S/C22H21BO3.2C10H14NO/c24-23(25)26-18-10-17-22(19-11-4-1-5-12-19,20-13-6-2-7-14-20)21-15-8-3-9-16-21;2*1-3-7-10-8-5-6-9-11(10)12-4-2/h1-9,11-16H,10,17-18H2;2*3,5-9H,4H2,1-2H3/q-2;2*+1. The van der Waals surface area contributed by atoms with E-state index in [0.717, 1.165) is 17.8 Å². The van der Waals surface area contributed by atoms with E-state index in [1.807, 2.05) is 155 Å². The van der Waals surface area contributed by atoms with Crippen LogP contribution in [0, 0.1) is 0 Å². The Balaban J connectivity index is 0.000000234. The van der Waals surface area contributed by atoms with Crippen LogP contribution in [-0.4, -0.2) is 27.1 Å². The van der Waals surface area contributed by atoms with Crippen LogP contribution in [0.4, 0.5) is 0 Å². The molecule has 3 aromatic carbocycles. The van der Waals surface area contributed by atoms with Crippen LogP contribution < -0.4 is 29.2 Å². The molecule has 50 heavy (non-hydrogen) atoms. The highest BCUT2D eigenvalue weighted by molar-refractivity contribution is 6.28. The summed E-state index contributed by atoms with van der Waals surface area (Å²) < 4.78 is 8.26. The zero-order chi connectivity index (χ0) is 35.9. The molecule has 0 aliphatic heterocycles. The monoisotopic (exact) mass is 672 g/mol. The van der Waals surface area contributed by atoms with Crippen LogP contribution >= 0.6 is 0 Å². The van der Waals surface area contributed by atoms with Gasteiger partial charge in [-0.25, -0.2) is 0 Å². The fourth-order valence-corrected chi connectivity index (χ4v) is 5.61. The van der Waals surface area contributed by atoms with Crippen molar-refractivity contribution in [3.63, 3.8) is 0 Å². The van der Waals surface area contributed by atoms with Crippen molar-refractivity contribution in [3.8, 4) is 0 Å². The topological polar surface area (TPSA) is 81.6 Å². The Morgan fingerprint density at radius 3 is 1.30 bits per heavy atom. The minimum atomic E-state index is -2.23. The van der Waals surface area contributed by atoms with Crippen molar-refractivity contribution >= 4 is 19.5 Å². The summed E-state index contributed by atoms with van der Waals surface area (Å²) in [4.78, 5) is 10.7. The molecule has 0 N–H and O–H groups in total. The molecule has 260 valence electrons. The van der Waals surface area contributed by atoms with Crippen molar-refractivity contribution in [2.24, 2.45) is 0 Å². The molecule has 0 atom stereocenters. The minimum absolute atomic E-state index is 0.159. The van der Waals surface area contributed by atoms with Crippen LogP contribution in [0.25, 0.3) is 12.2 Å². The average Bonchev–Trinajstić information content (AvgIpc) is 3.15. The maximum atomic E-state index is 10.7. The molecule has 8 heteroatoms. The third-order valence-electron chi connectivity index (χ3n) is 7.67. The van der Waals surface area contributed by atoms with E-state index in [2.05, 4.69) is 36.4 Å². The summed E-state index contributed by atoms with van der Waals surface area (Å²) in [5.41, 5.74) is 5.28. The second-order valence-electron chi connectivity index (χ2n) is 11.0. The fourth-order valence-electron chi connectivity index (χ4n) is 5.61. The lowest BCUT2D eigenvalue weighted by molar-refractivity contribution is -0.892. The molecule has 0 amide bonds. The highest BCUT2D eigenvalue weighted by Crippen LogP contribution is 2.42. The molecule has 0 bridgehead atoms. The normalized spacial score (nSPS) is 10.9. The smallest absolute Gasteiger partial charge is 0.257 e. The van der Waals surface area contributed by atoms with Crippen LogP contribution in [0.5, 0.6) is 0 Å². The van der Waals surface area contributed by atoms with E-state index in [1.165, 1.54) is 16.7 Å². The zero-order valence-electron chi connectivity index (χ0n) is 29.6. The van der Waals surface area contributed by atoms with E-state index < -0.39 is 7.32 Å². The van der Waals surface area contributed by atoms with Gasteiger partial charge in [-0.3, -0.25) is 9.68 Å². The lowest BCUT2D eigenvalue weighted by atomic mass is 9.67. The van der Waals surface area contributed by atoms with Crippen LogP contribution in [0.15, 0.2) is 152 Å². The van der Waals surface area contributed by atoms with Gasteiger partial charge in [0.1, 0.15) is 0 Å². The summed E-state index contributed by atoms with van der Waals surface area (Å²) in [5, 5.41) is 21.4. The van der Waals surface area contributed by atoms with Crippen LogP contribution in [0.1, 0.15) is 68.6 Å². The lowest BCUT2D eigenvalue weighted by Crippen LogP contribution is -2.48. The van der Waals surface area contributed by atoms with Gasteiger partial charge < -0.3 is 14.7 Å². The molecule has 5 rings (SSSR count). The summed E-state index contributed by atoms with van der Waals surface area (Å²) >= 11 is 0. The Morgan fingerprint density at radius 1 is 0.580 bits per heavy atom. The number of rotatable bonds is 14. The summed E-state index contributed by atoms with van der Waals surface area (Å²) in [6, 6.07) is 42.9. The zero-order valence-corrected chi connectivity index (χ0v) is 29.6. The molecule has 0 unspecified atom stereocenters. The van der Waals surface area contributed by atoms with Crippen molar-refractivity contribution in [1.82, 2.24) is 0 Å². The molecule has 2 aromatic heterocycles. The number of aromatic nitrogens is 2. The van der Waals surface area contributed by atoms with Gasteiger partial charge in [-0.1, -0.05) is 103 Å². The van der Waals surface area contributed by atoms with Gasteiger partial charge in [0, 0.05) is 57.9 Å². The molecule has 0 radical (unpaired) electrons. The first-order chi connectivity index (χ1) is 24.5. The minimum Gasteiger partial charge on any atom is -0.871 e. The van der Waals surface area contributed by atoms with Gasteiger partial charge in [0.15, 0.2) is 13.2 Å². The second kappa shape index (κ2) is 22.6. The second-order valence-corrected chi connectivity index (χ2v) is 11.0. The summed E-state index contributed by atoms with van der Waals surface area (Å²) in [6.45, 7) is 9.44. The van der Waals surface area contributed by atoms with Crippen molar-refractivity contribution < 1.29 is 33.8 Å². The Morgan fingerprint density at radius 2 is 0.960 bits per heavy atom. The van der Waals surface area contributed by atoms with E-state index in [0.29, 0.717) is 19.6 Å².